The normalized spacial score (nSPS) is 49.2. The number of nitrogens with one attached hydrogen (secondary N) is 1. The minimum atomic E-state index is -2.26. The zero-order valence-corrected chi connectivity index (χ0v) is 75.3. The van der Waals surface area contributed by atoms with Crippen molar-refractivity contribution in [3.63, 3.8) is 0 Å². The summed E-state index contributed by atoms with van der Waals surface area (Å²) in [6.45, 7) is 16.4. The Labute approximate surface area is 756 Å². The van der Waals surface area contributed by atoms with Gasteiger partial charge >= 0.3 is 17.9 Å². The van der Waals surface area contributed by atoms with Crippen molar-refractivity contribution in [1.82, 2.24) is 5.32 Å². The van der Waals surface area contributed by atoms with E-state index in [4.69, 9.17) is 85.3 Å². The summed E-state index contributed by atoms with van der Waals surface area (Å²) >= 11 is 0. The summed E-state index contributed by atoms with van der Waals surface area (Å²) in [5, 5.41) is 241. The number of carbonyl (C=O) groups excluding carboxylic acids is 4. The highest BCUT2D eigenvalue weighted by Crippen LogP contribution is 2.76. The predicted molar refractivity (Wildman–Crippen MR) is 435 cm³/mol. The van der Waals surface area contributed by atoms with Crippen LogP contribution in [0.5, 0.6) is 0 Å². The Morgan fingerprint density at radius 1 is 0.542 bits per heavy atom. The molecule has 0 aromatic heterocycles. The number of rotatable bonds is 28. The van der Waals surface area contributed by atoms with E-state index in [1.54, 1.807) is 0 Å². The van der Waals surface area contributed by atoms with Crippen LogP contribution in [0.3, 0.4) is 0 Å². The summed E-state index contributed by atoms with van der Waals surface area (Å²) in [5.74, 6) is -5.12. The first kappa shape index (κ1) is 104. The van der Waals surface area contributed by atoms with Crippen LogP contribution in [0.15, 0.2) is 36.0 Å². The van der Waals surface area contributed by atoms with Crippen molar-refractivity contribution >= 4 is 23.8 Å². The van der Waals surface area contributed by atoms with Gasteiger partial charge in [0.25, 0.3) is 0 Å². The molecule has 5 aliphatic carbocycles. The van der Waals surface area contributed by atoms with Crippen molar-refractivity contribution in [3.05, 3.63) is 36.0 Å². The molecule has 22 N–H and O–H groups in total. The van der Waals surface area contributed by atoms with Crippen molar-refractivity contribution in [3.8, 4) is 0 Å². The van der Waals surface area contributed by atoms with Crippen LogP contribution >= 0.6 is 0 Å². The molecule has 0 aromatic rings. The molecule has 0 bridgehead atoms. The Kier molecular flexibility index (Phi) is 32.1. The monoisotopic (exact) mass is 1880 g/mol. The van der Waals surface area contributed by atoms with Gasteiger partial charge in [0.15, 0.2) is 56.2 Å². The summed E-state index contributed by atoms with van der Waals surface area (Å²) in [6.07, 6.45) is -56.2. The van der Waals surface area contributed by atoms with E-state index in [2.05, 4.69) is 38.7 Å². The lowest BCUT2D eigenvalue weighted by Gasteiger charge is -2.72. The number of aliphatic hydroxyl groups excluding tert-OH is 19. The Bertz CT molecular complexity index is 3990. The van der Waals surface area contributed by atoms with Gasteiger partial charge in [-0.25, -0.2) is 4.79 Å². The van der Waals surface area contributed by atoms with Crippen molar-refractivity contribution in [2.45, 2.75) is 373 Å². The van der Waals surface area contributed by atoms with Gasteiger partial charge in [-0.15, -0.1) is 6.58 Å². The Balaban J connectivity index is 0.790. The van der Waals surface area contributed by atoms with Gasteiger partial charge in [0.1, 0.15) is 158 Å². The highest BCUT2D eigenvalue weighted by Gasteiger charge is 2.74. The van der Waals surface area contributed by atoms with Crippen LogP contribution in [0.1, 0.15) is 140 Å². The smallest absolute Gasteiger partial charge is 0.333 e. The molecule has 748 valence electrons. The molecule has 8 aliphatic heterocycles. The van der Waals surface area contributed by atoms with Crippen molar-refractivity contribution in [1.29, 1.82) is 0 Å². The van der Waals surface area contributed by atoms with Gasteiger partial charge in [-0.1, -0.05) is 72.3 Å². The van der Waals surface area contributed by atoms with Crippen LogP contribution < -0.4 is 5.32 Å². The number of allylic oxidation sites excluding steroid dienone is 3. The second kappa shape index (κ2) is 40.5. The molecule has 131 heavy (non-hydrogen) atoms. The SMILES string of the molecule is C=C[C@](C)(O)CC/C=C(\C)C(=O)O[C@@H]1[C@@H](O)[C@H](O[C@H]2[C@H](O)[C@@H](COC(C)=O)O[C@@H](OC(=O)[C@]34C[C@H](O)C(C)(C)C[C@H]3C3=CC[C@@H]5[C@@]6(C)CC[C@H](O[C@@H]7O[C@H](CO[C@@H]8OC[C@H](O)[C@H](O[C@@H]9OC[C@@H](O)[C@H](O)[C@H]9O)[C@H]8O)[C@@H](O[C@@H]8O[C@H](CO)[C@@H](O)[C@H](O)[C@H]8O)[C@H](O)[C@H]7NC(C)=O)C(C)(C)[C@@H]6CC[C@@]5(C)[C@]3(C)C[C@H]4O)[C@@H]2O[C@@H]2OC[C@@H](O)[C@H](O[C@@H]3OC[C@](O)(CO)[C@H]3O)[C@H]2O)OC[C@H]1O. The molecule has 12 fully saturated rings. The van der Waals surface area contributed by atoms with E-state index >= 15 is 4.79 Å². The van der Waals surface area contributed by atoms with Gasteiger partial charge < -0.3 is 198 Å². The third-order valence-corrected chi connectivity index (χ3v) is 31.0. The maximum absolute atomic E-state index is 16.6. The molecule has 44 nitrogen and oxygen atoms in total. The third-order valence-electron chi connectivity index (χ3n) is 31.0. The fourth-order valence-corrected chi connectivity index (χ4v) is 22.8. The van der Waals surface area contributed by atoms with Gasteiger partial charge in [0, 0.05) is 19.4 Å². The number of aliphatic hydroxyl groups is 21. The molecule has 0 unspecified atom stereocenters. The van der Waals surface area contributed by atoms with Gasteiger partial charge in [0.2, 0.25) is 12.2 Å². The minimum Gasteiger partial charge on any atom is -0.463 e. The first-order valence-electron chi connectivity index (χ1n) is 45.0. The number of amides is 1. The van der Waals surface area contributed by atoms with E-state index in [-0.39, 0.29) is 43.1 Å². The zero-order chi connectivity index (χ0) is 96.0. The zero-order valence-electron chi connectivity index (χ0n) is 75.3. The van der Waals surface area contributed by atoms with E-state index in [9.17, 15) is 122 Å². The standard InChI is InChI=1S/C87H137NO43/c1-13-82(9,112)20-14-15-35(2)70(110)125-63-41(94)29-117-74(61(63)107)129-67-55(101)45(31-114-37(4)92)122-77(68(67)130-75-62(108)65(43(96)30-118-75)127-78-69(109)86(113,33-90)34-120-78)131-79(111)87-25-49(97)80(5,6)23-39(87)38-16-17-48-83(10)21-19-51(81(7,8)47(83)18-22-84(48,11)85(38,12)24-50(87)98)124-71-52(88-36(3)91)56(102)66(128-76-59(105)57(103)54(100)44(26-89)121-76)46(123-71)32-119-72-60(106)64(42(95)28-115-72)126-73-58(104)53(99)40(93)27-116-73/h13,15-16,39-69,71-78,89-90,93-109,112-113H,1,14,17-34H2,2-12H3,(H,88,91)/b35-15+/t39-,40+,41+,42-,43+,44+,45+,46+,47-,48+,49-,50+,51-,52+,53-,54+,55+,56+,57-,58+,59+,60+,61+,62+,63-,64-,65-,66+,67-,68+,69-,71-,72-,73-,74-,75-,76-,77-,78-,82-,83-,84+,85+,86+,87+/m0/s1. The molecule has 4 saturated carbocycles. The Morgan fingerprint density at radius 3 is 1.73 bits per heavy atom. The van der Waals surface area contributed by atoms with Gasteiger partial charge in [-0.3, -0.25) is 14.4 Å². The van der Waals surface area contributed by atoms with Crippen LogP contribution in [0.4, 0.5) is 0 Å². The third kappa shape index (κ3) is 20.0. The number of hydrogen-bond acceptors (Lipinski definition) is 43. The topological polar surface area (TPSA) is 671 Å². The first-order chi connectivity index (χ1) is 61.4. The van der Waals surface area contributed by atoms with Gasteiger partial charge in [0.05, 0.1) is 76.8 Å². The summed E-state index contributed by atoms with van der Waals surface area (Å²) in [7, 11) is 0. The summed E-state index contributed by atoms with van der Waals surface area (Å²) in [6, 6.07) is -1.51. The minimum absolute atomic E-state index is 0.00249. The number of hydrogen-bond donors (Lipinski definition) is 22. The largest absolute Gasteiger partial charge is 0.463 e. The number of fused-ring (bicyclic) bond motifs is 7. The first-order valence-corrected chi connectivity index (χ1v) is 45.0. The second-order valence-electron chi connectivity index (χ2n) is 40.3. The average molecular weight is 1890 g/mol. The van der Waals surface area contributed by atoms with Crippen LogP contribution in [-0.2, 0) is 104 Å². The fraction of sp³-hybridized carbons (Fsp3) is 0.885. The van der Waals surface area contributed by atoms with Crippen LogP contribution in [0.2, 0.25) is 0 Å². The van der Waals surface area contributed by atoms with Crippen molar-refractivity contribution in [2.75, 3.05) is 59.5 Å². The highest BCUT2D eigenvalue weighted by molar-refractivity contribution is 5.88. The van der Waals surface area contributed by atoms with E-state index in [0.29, 0.717) is 32.1 Å². The van der Waals surface area contributed by atoms with E-state index in [0.717, 1.165) is 12.5 Å². The molecule has 45 atom stereocenters. The lowest BCUT2D eigenvalue weighted by Crippen LogP contribution is -2.70. The van der Waals surface area contributed by atoms with E-state index in [1.807, 2.05) is 27.7 Å². The highest BCUT2D eigenvalue weighted by atomic mass is 16.8. The maximum Gasteiger partial charge on any atom is 0.333 e. The number of ether oxygens (including phenoxy) is 18. The maximum atomic E-state index is 16.6. The molecule has 0 aromatic carbocycles. The average Bonchev–Trinajstić information content (AvgIpc) is 0.692. The molecule has 8 heterocycles. The molecule has 8 saturated heterocycles. The molecule has 13 aliphatic rings. The van der Waals surface area contributed by atoms with Crippen LogP contribution in [0.25, 0.3) is 0 Å². The Morgan fingerprint density at radius 2 is 1.11 bits per heavy atom. The number of esters is 3. The van der Waals surface area contributed by atoms with Gasteiger partial charge in [-0.2, -0.15) is 0 Å². The molecule has 13 rings (SSSR count). The van der Waals surface area contributed by atoms with E-state index in [1.165, 1.54) is 32.9 Å². The molecular formula is C87H137NO43. The molecule has 0 radical (unpaired) electrons. The van der Waals surface area contributed by atoms with Crippen LogP contribution in [0, 0.1) is 50.2 Å². The Hall–Kier alpha value is -4.34. The lowest BCUT2D eigenvalue weighted by molar-refractivity contribution is -0.382. The number of carbonyl (C=O) groups is 4. The summed E-state index contributed by atoms with van der Waals surface area (Å²) in [4.78, 5) is 56.4. The lowest BCUT2D eigenvalue weighted by atomic mass is 9.33. The van der Waals surface area contributed by atoms with Crippen molar-refractivity contribution in [2.24, 2.45) is 50.2 Å². The molecule has 1 amide bonds. The molecular weight excluding hydrogens is 1750 g/mol. The van der Waals surface area contributed by atoms with Gasteiger partial charge in [-0.05, 0) is 123 Å². The summed E-state index contributed by atoms with van der Waals surface area (Å²) < 4.78 is 109. The fourth-order valence-electron chi connectivity index (χ4n) is 22.8. The van der Waals surface area contributed by atoms with Crippen molar-refractivity contribution < 1.29 is 212 Å². The second-order valence-corrected chi connectivity index (χ2v) is 40.3. The molecule has 0 spiro atoms. The predicted octanol–water partition coefficient (Wildman–Crippen LogP) is -6.67. The summed E-state index contributed by atoms with van der Waals surface area (Å²) in [5.41, 5.74) is -8.92. The van der Waals surface area contributed by atoms with E-state index < -0.39 is 360 Å². The quantitative estimate of drug-likeness (QED) is 0.0114. The molecule has 44 heteroatoms. The van der Waals surface area contributed by atoms with Crippen LogP contribution in [-0.4, -0.2) is 423 Å².